The molecule has 0 spiro atoms. The molecule has 3 heteroatoms. The van der Waals surface area contributed by atoms with Crippen molar-refractivity contribution < 1.29 is 9.59 Å². The fraction of sp³-hybridized carbons (Fsp3) is 0.231. The third-order valence-corrected chi connectivity index (χ3v) is 5.51. The zero-order chi connectivity index (χ0) is 20.2. The number of fused-ring (bicyclic) bond motifs is 3. The fourth-order valence-electron chi connectivity index (χ4n) is 3.98. The summed E-state index contributed by atoms with van der Waals surface area (Å²) in [6.45, 7) is 3.12. The summed E-state index contributed by atoms with van der Waals surface area (Å²) in [6.07, 6.45) is 4.72. The van der Waals surface area contributed by atoms with Crippen LogP contribution in [-0.4, -0.2) is 16.1 Å². The molecule has 0 N–H and O–H groups in total. The number of para-hydroxylation sites is 1. The summed E-state index contributed by atoms with van der Waals surface area (Å²) < 4.78 is 2.30. The Balaban J connectivity index is 1.75. The van der Waals surface area contributed by atoms with E-state index in [0.717, 1.165) is 23.9 Å². The Morgan fingerprint density at radius 3 is 2.17 bits per heavy atom. The number of carbonyl (C=O) groups excluding carboxylic acids is 2. The molecule has 1 aromatic heterocycles. The van der Waals surface area contributed by atoms with Crippen molar-refractivity contribution in [3.63, 3.8) is 0 Å². The lowest BCUT2D eigenvalue weighted by molar-refractivity contribution is 0.0817. The normalized spacial score (nSPS) is 11.2. The molecular weight excluding hydrogens is 358 g/mol. The molecule has 3 aromatic carbocycles. The first-order valence-corrected chi connectivity index (χ1v) is 10.4. The highest BCUT2D eigenvalue weighted by Gasteiger charge is 2.20. The number of hydrogen-bond donors (Lipinski definition) is 0. The molecule has 0 bridgehead atoms. The summed E-state index contributed by atoms with van der Waals surface area (Å²) in [6, 6.07) is 22.7. The van der Waals surface area contributed by atoms with E-state index in [4.69, 9.17) is 0 Å². The second kappa shape index (κ2) is 8.44. The van der Waals surface area contributed by atoms with Gasteiger partial charge in [-0.15, -0.1) is 0 Å². The average Bonchev–Trinajstić information content (AvgIpc) is 3.09. The molecule has 0 aliphatic heterocycles. The molecule has 3 nitrogen and oxygen atoms in total. The van der Waals surface area contributed by atoms with Crippen LogP contribution in [0.15, 0.2) is 72.8 Å². The monoisotopic (exact) mass is 383 g/mol. The maximum absolute atomic E-state index is 12.9. The number of hydrogen-bond acceptors (Lipinski definition) is 2. The van der Waals surface area contributed by atoms with E-state index in [-0.39, 0.29) is 0 Å². The van der Waals surface area contributed by atoms with Crippen LogP contribution >= 0.6 is 0 Å². The van der Waals surface area contributed by atoms with E-state index in [1.165, 1.54) is 30.2 Å². The van der Waals surface area contributed by atoms with Crippen molar-refractivity contribution in [1.82, 2.24) is 4.57 Å². The third-order valence-electron chi connectivity index (χ3n) is 5.51. The molecule has 29 heavy (non-hydrogen) atoms. The molecule has 0 aliphatic rings. The maximum Gasteiger partial charge on any atom is 0.233 e. The van der Waals surface area contributed by atoms with Crippen molar-refractivity contribution in [3.8, 4) is 0 Å². The van der Waals surface area contributed by atoms with Crippen LogP contribution in [-0.2, 0) is 6.54 Å². The summed E-state index contributed by atoms with van der Waals surface area (Å²) in [5.41, 5.74) is 3.08. The number of rotatable bonds is 8. The minimum Gasteiger partial charge on any atom is -0.340 e. The van der Waals surface area contributed by atoms with E-state index in [0.29, 0.717) is 11.1 Å². The number of unbranched alkanes of at least 4 members (excludes halogenated alkanes) is 3. The number of ketones is 2. The first-order chi connectivity index (χ1) is 14.2. The van der Waals surface area contributed by atoms with Gasteiger partial charge in [0.1, 0.15) is 0 Å². The molecule has 146 valence electrons. The minimum atomic E-state index is -0.462. The van der Waals surface area contributed by atoms with Crippen LogP contribution < -0.4 is 0 Å². The highest BCUT2D eigenvalue weighted by Crippen LogP contribution is 2.30. The summed E-state index contributed by atoms with van der Waals surface area (Å²) in [7, 11) is 0. The van der Waals surface area contributed by atoms with Gasteiger partial charge in [0.05, 0.1) is 0 Å². The number of Topliss-reactive ketones (excluding diaryl/α,β-unsaturated/α-hetero) is 2. The summed E-state index contributed by atoms with van der Waals surface area (Å²) in [4.78, 5) is 25.5. The molecule has 4 aromatic rings. The Morgan fingerprint density at radius 1 is 0.690 bits per heavy atom. The minimum absolute atomic E-state index is 0.428. The lowest BCUT2D eigenvalue weighted by Crippen LogP contribution is -2.14. The van der Waals surface area contributed by atoms with Gasteiger partial charge in [-0.25, -0.2) is 0 Å². The molecule has 0 unspecified atom stereocenters. The van der Waals surface area contributed by atoms with Crippen molar-refractivity contribution in [2.24, 2.45) is 0 Å². The van der Waals surface area contributed by atoms with Crippen molar-refractivity contribution in [1.29, 1.82) is 0 Å². The van der Waals surface area contributed by atoms with E-state index in [1.807, 2.05) is 24.3 Å². The molecule has 0 atom stereocenters. The largest absolute Gasteiger partial charge is 0.340 e. The Labute approximate surface area is 171 Å². The fourth-order valence-corrected chi connectivity index (χ4v) is 3.98. The predicted octanol–water partition coefficient (Wildman–Crippen LogP) is 6.44. The highest BCUT2D eigenvalue weighted by atomic mass is 16.2. The second-order valence-corrected chi connectivity index (χ2v) is 7.49. The molecule has 0 aliphatic carbocycles. The molecule has 0 fully saturated rings. The van der Waals surface area contributed by atoms with Crippen molar-refractivity contribution in [2.45, 2.75) is 39.2 Å². The van der Waals surface area contributed by atoms with E-state index in [2.05, 4.69) is 29.7 Å². The van der Waals surface area contributed by atoms with Crippen molar-refractivity contribution in [2.75, 3.05) is 0 Å². The zero-order valence-electron chi connectivity index (χ0n) is 16.7. The van der Waals surface area contributed by atoms with Crippen LogP contribution in [0.4, 0.5) is 0 Å². The molecule has 0 amide bonds. The van der Waals surface area contributed by atoms with Gasteiger partial charge >= 0.3 is 0 Å². The van der Waals surface area contributed by atoms with Gasteiger partial charge in [-0.05, 0) is 18.6 Å². The number of carbonyl (C=O) groups is 2. The predicted molar refractivity (Wildman–Crippen MR) is 119 cm³/mol. The van der Waals surface area contributed by atoms with Crippen molar-refractivity contribution in [3.05, 3.63) is 83.9 Å². The summed E-state index contributed by atoms with van der Waals surface area (Å²) in [5.74, 6) is -0.920. The van der Waals surface area contributed by atoms with Crippen molar-refractivity contribution >= 4 is 33.4 Å². The molecule has 0 saturated carbocycles. The van der Waals surface area contributed by atoms with Crippen LogP contribution in [0.1, 0.15) is 53.3 Å². The zero-order valence-corrected chi connectivity index (χ0v) is 16.7. The van der Waals surface area contributed by atoms with E-state index < -0.39 is 11.6 Å². The number of benzene rings is 3. The van der Waals surface area contributed by atoms with E-state index in [1.54, 1.807) is 30.3 Å². The Bertz CT molecular complexity index is 1170. The highest BCUT2D eigenvalue weighted by molar-refractivity contribution is 6.49. The molecule has 4 rings (SSSR count). The average molecular weight is 383 g/mol. The van der Waals surface area contributed by atoms with Gasteiger partial charge in [0, 0.05) is 39.5 Å². The van der Waals surface area contributed by atoms with Gasteiger partial charge in [0.15, 0.2) is 0 Å². The van der Waals surface area contributed by atoms with Crippen LogP contribution in [0.25, 0.3) is 21.8 Å². The van der Waals surface area contributed by atoms with Gasteiger partial charge in [-0.3, -0.25) is 9.59 Å². The molecule has 0 saturated heterocycles. The van der Waals surface area contributed by atoms with Gasteiger partial charge < -0.3 is 4.57 Å². The van der Waals surface area contributed by atoms with E-state index >= 15 is 0 Å². The Hall–Kier alpha value is -3.20. The Kier molecular flexibility index (Phi) is 5.57. The van der Waals surface area contributed by atoms with E-state index in [9.17, 15) is 9.59 Å². The quantitative estimate of drug-likeness (QED) is 0.199. The number of aromatic nitrogens is 1. The smallest absolute Gasteiger partial charge is 0.233 e. The van der Waals surface area contributed by atoms with Gasteiger partial charge in [0.2, 0.25) is 11.6 Å². The van der Waals surface area contributed by atoms with Gasteiger partial charge in [-0.1, -0.05) is 86.8 Å². The lowest BCUT2D eigenvalue weighted by Gasteiger charge is -2.08. The van der Waals surface area contributed by atoms with Gasteiger partial charge in [0.25, 0.3) is 0 Å². The first-order valence-electron chi connectivity index (χ1n) is 10.4. The third kappa shape index (κ3) is 3.73. The maximum atomic E-state index is 12.9. The summed E-state index contributed by atoms with van der Waals surface area (Å²) >= 11 is 0. The lowest BCUT2D eigenvalue weighted by atomic mass is 10.0. The SMILES string of the molecule is CCCCCCn1c2ccccc2c2ccc(C(=O)C(=O)c3ccccc3)cc21. The molecule has 0 radical (unpaired) electrons. The van der Waals surface area contributed by atoms with Crippen LogP contribution in [0, 0.1) is 0 Å². The molecular formula is C26H25NO2. The van der Waals surface area contributed by atoms with Crippen LogP contribution in [0.2, 0.25) is 0 Å². The topological polar surface area (TPSA) is 39.1 Å². The number of nitrogens with zero attached hydrogens (tertiary/aromatic N) is 1. The van der Waals surface area contributed by atoms with Crippen LogP contribution in [0.5, 0.6) is 0 Å². The Morgan fingerprint density at radius 2 is 1.38 bits per heavy atom. The standard InChI is InChI=1S/C26H25NO2/c1-2-3-4-10-17-27-23-14-9-8-13-21(23)22-16-15-20(18-24(22)27)26(29)25(28)19-11-6-5-7-12-19/h5-9,11-16,18H,2-4,10,17H2,1H3. The number of aryl methyl sites for hydroxylation is 1. The molecule has 1 heterocycles. The van der Waals surface area contributed by atoms with Gasteiger partial charge in [-0.2, -0.15) is 0 Å². The summed E-state index contributed by atoms with van der Waals surface area (Å²) in [5, 5.41) is 2.31. The van der Waals surface area contributed by atoms with Crippen LogP contribution in [0.3, 0.4) is 0 Å². The first kappa shape index (κ1) is 19.1. The second-order valence-electron chi connectivity index (χ2n) is 7.49.